The summed E-state index contributed by atoms with van der Waals surface area (Å²) in [4.78, 5) is 0. The zero-order chi connectivity index (χ0) is 16.8. The van der Waals surface area contributed by atoms with Crippen LogP contribution >= 0.6 is 12.2 Å². The maximum absolute atomic E-state index is 13.0. The number of hydrogen-bond donors (Lipinski definition) is 2. The quantitative estimate of drug-likeness (QED) is 0.812. The third kappa shape index (κ3) is 4.56. The summed E-state index contributed by atoms with van der Waals surface area (Å²) in [6, 6.07) is 11.7. The van der Waals surface area contributed by atoms with Gasteiger partial charge in [0.25, 0.3) is 0 Å². The van der Waals surface area contributed by atoms with Crippen molar-refractivity contribution in [2.45, 2.75) is 13.0 Å². The van der Waals surface area contributed by atoms with E-state index in [1.165, 1.54) is 12.1 Å². The molecule has 2 N–H and O–H groups in total. The Labute approximate surface area is 140 Å². The molecule has 4 nitrogen and oxygen atoms in total. The van der Waals surface area contributed by atoms with Crippen molar-refractivity contribution in [3.05, 3.63) is 53.8 Å². The van der Waals surface area contributed by atoms with E-state index in [0.717, 1.165) is 11.3 Å². The molecule has 0 fully saturated rings. The predicted octanol–water partition coefficient (Wildman–Crippen LogP) is 3.89. The van der Waals surface area contributed by atoms with Gasteiger partial charge in [-0.25, -0.2) is 4.39 Å². The number of anilines is 1. The molecule has 6 heteroatoms. The third-order valence-corrected chi connectivity index (χ3v) is 3.59. The number of benzene rings is 2. The van der Waals surface area contributed by atoms with Crippen molar-refractivity contribution in [1.82, 2.24) is 5.32 Å². The fraction of sp³-hybridized carbons (Fsp3) is 0.235. The summed E-state index contributed by atoms with van der Waals surface area (Å²) in [6.45, 7) is 1.95. The summed E-state index contributed by atoms with van der Waals surface area (Å²) in [5.74, 6) is 1.07. The van der Waals surface area contributed by atoms with Crippen molar-refractivity contribution in [3.8, 4) is 11.5 Å². The highest BCUT2D eigenvalue weighted by atomic mass is 32.1. The lowest BCUT2D eigenvalue weighted by molar-refractivity contribution is 0.395. The molecular weight excluding hydrogens is 315 g/mol. The largest absolute Gasteiger partial charge is 0.497 e. The molecule has 0 bridgehead atoms. The maximum Gasteiger partial charge on any atom is 0.171 e. The van der Waals surface area contributed by atoms with E-state index in [1.54, 1.807) is 32.4 Å². The van der Waals surface area contributed by atoms with Crippen LogP contribution in [0.25, 0.3) is 0 Å². The molecule has 2 aromatic rings. The summed E-state index contributed by atoms with van der Waals surface area (Å²) >= 11 is 5.32. The number of halogens is 1. The van der Waals surface area contributed by atoms with Crippen LogP contribution in [0.1, 0.15) is 18.5 Å². The zero-order valence-electron chi connectivity index (χ0n) is 13.2. The number of methoxy groups -OCH3 is 2. The molecule has 1 atom stereocenters. The van der Waals surface area contributed by atoms with Crippen molar-refractivity contribution in [2.75, 3.05) is 19.5 Å². The van der Waals surface area contributed by atoms with Gasteiger partial charge in [-0.3, -0.25) is 0 Å². The fourth-order valence-corrected chi connectivity index (χ4v) is 2.38. The van der Waals surface area contributed by atoms with Gasteiger partial charge in [0.2, 0.25) is 0 Å². The van der Waals surface area contributed by atoms with E-state index in [1.807, 2.05) is 19.1 Å². The Balaban J connectivity index is 2.03. The Bertz CT molecular complexity index is 677. The van der Waals surface area contributed by atoms with Gasteiger partial charge in [0.05, 0.1) is 25.9 Å². The standard InChI is InChI=1S/C17H19FN2O2S/c1-11(12-4-6-13(18)7-5-12)19-17(23)20-15-9-8-14(21-2)10-16(15)22-3/h4-11H,1-3H3,(H2,19,20,23). The van der Waals surface area contributed by atoms with Crippen LogP contribution in [0.3, 0.4) is 0 Å². The van der Waals surface area contributed by atoms with E-state index in [0.29, 0.717) is 16.6 Å². The predicted molar refractivity (Wildman–Crippen MR) is 93.7 cm³/mol. The Morgan fingerprint density at radius 3 is 2.39 bits per heavy atom. The van der Waals surface area contributed by atoms with Crippen molar-refractivity contribution in [3.63, 3.8) is 0 Å². The van der Waals surface area contributed by atoms with Crippen molar-refractivity contribution < 1.29 is 13.9 Å². The summed E-state index contributed by atoms with van der Waals surface area (Å²) in [5, 5.41) is 6.69. The number of thiocarbonyl (C=S) groups is 1. The van der Waals surface area contributed by atoms with Gasteiger partial charge < -0.3 is 20.1 Å². The van der Waals surface area contributed by atoms with Gasteiger partial charge in [0, 0.05) is 6.07 Å². The molecule has 0 saturated heterocycles. The van der Waals surface area contributed by atoms with E-state index in [9.17, 15) is 4.39 Å². The van der Waals surface area contributed by atoms with Crippen LogP contribution in [-0.4, -0.2) is 19.3 Å². The molecule has 2 aromatic carbocycles. The SMILES string of the molecule is COc1ccc(NC(=S)NC(C)c2ccc(F)cc2)c(OC)c1. The molecule has 0 amide bonds. The molecule has 0 aliphatic carbocycles. The van der Waals surface area contributed by atoms with E-state index < -0.39 is 0 Å². The maximum atomic E-state index is 13.0. The Morgan fingerprint density at radius 2 is 1.78 bits per heavy atom. The van der Waals surface area contributed by atoms with Gasteiger partial charge in [0.1, 0.15) is 17.3 Å². The minimum absolute atomic E-state index is 0.0557. The molecule has 0 heterocycles. The molecule has 2 rings (SSSR count). The smallest absolute Gasteiger partial charge is 0.171 e. The van der Waals surface area contributed by atoms with Gasteiger partial charge in [-0.1, -0.05) is 12.1 Å². The normalized spacial score (nSPS) is 11.5. The number of hydrogen-bond acceptors (Lipinski definition) is 3. The Kier molecular flexibility index (Phi) is 5.76. The first-order valence-corrected chi connectivity index (χ1v) is 7.49. The van der Waals surface area contributed by atoms with Crippen LogP contribution in [-0.2, 0) is 0 Å². The van der Waals surface area contributed by atoms with Gasteiger partial charge in [-0.2, -0.15) is 0 Å². The monoisotopic (exact) mass is 334 g/mol. The lowest BCUT2D eigenvalue weighted by atomic mass is 10.1. The van der Waals surface area contributed by atoms with Crippen LogP contribution in [0.4, 0.5) is 10.1 Å². The highest BCUT2D eigenvalue weighted by molar-refractivity contribution is 7.80. The molecule has 0 aliphatic heterocycles. The van der Waals surface area contributed by atoms with Crippen molar-refractivity contribution >= 4 is 23.0 Å². The fourth-order valence-electron chi connectivity index (χ4n) is 2.09. The molecule has 0 aromatic heterocycles. The average Bonchev–Trinajstić information content (AvgIpc) is 2.55. The van der Waals surface area contributed by atoms with Gasteiger partial charge in [0.15, 0.2) is 5.11 Å². The molecule has 0 spiro atoms. The second kappa shape index (κ2) is 7.78. The minimum Gasteiger partial charge on any atom is -0.497 e. The highest BCUT2D eigenvalue weighted by Gasteiger charge is 2.10. The van der Waals surface area contributed by atoms with Gasteiger partial charge in [-0.15, -0.1) is 0 Å². The Hall–Kier alpha value is -2.34. The number of rotatable bonds is 5. The molecular formula is C17H19FN2O2S. The van der Waals surface area contributed by atoms with E-state index in [2.05, 4.69) is 10.6 Å². The van der Waals surface area contributed by atoms with Crippen LogP contribution in [0.5, 0.6) is 11.5 Å². The van der Waals surface area contributed by atoms with E-state index >= 15 is 0 Å². The van der Waals surface area contributed by atoms with Gasteiger partial charge in [-0.05, 0) is 49.0 Å². The zero-order valence-corrected chi connectivity index (χ0v) is 14.0. The molecule has 122 valence electrons. The molecule has 0 radical (unpaired) electrons. The number of nitrogens with one attached hydrogen (secondary N) is 2. The summed E-state index contributed by atoms with van der Waals surface area (Å²) in [7, 11) is 3.18. The lowest BCUT2D eigenvalue weighted by Crippen LogP contribution is -2.31. The number of ether oxygens (including phenoxy) is 2. The van der Waals surface area contributed by atoms with Gasteiger partial charge >= 0.3 is 0 Å². The molecule has 1 unspecified atom stereocenters. The van der Waals surface area contributed by atoms with Crippen LogP contribution in [0.2, 0.25) is 0 Å². The van der Waals surface area contributed by atoms with E-state index in [4.69, 9.17) is 21.7 Å². The van der Waals surface area contributed by atoms with Crippen molar-refractivity contribution in [1.29, 1.82) is 0 Å². The minimum atomic E-state index is -0.260. The average molecular weight is 334 g/mol. The van der Waals surface area contributed by atoms with Crippen LogP contribution < -0.4 is 20.1 Å². The summed E-state index contributed by atoms with van der Waals surface area (Å²) < 4.78 is 23.4. The first kappa shape index (κ1) is 17.0. The highest BCUT2D eigenvalue weighted by Crippen LogP contribution is 2.29. The Morgan fingerprint density at radius 1 is 1.09 bits per heavy atom. The molecule has 0 saturated carbocycles. The van der Waals surface area contributed by atoms with Crippen LogP contribution in [0, 0.1) is 5.82 Å². The summed E-state index contributed by atoms with van der Waals surface area (Å²) in [5.41, 5.74) is 1.68. The van der Waals surface area contributed by atoms with Crippen molar-refractivity contribution in [2.24, 2.45) is 0 Å². The topological polar surface area (TPSA) is 42.5 Å². The first-order valence-electron chi connectivity index (χ1n) is 7.08. The first-order chi connectivity index (χ1) is 11.0. The second-order valence-electron chi connectivity index (χ2n) is 4.94. The molecule has 0 aliphatic rings. The lowest BCUT2D eigenvalue weighted by Gasteiger charge is -2.18. The van der Waals surface area contributed by atoms with Crippen LogP contribution in [0.15, 0.2) is 42.5 Å². The summed E-state index contributed by atoms with van der Waals surface area (Å²) in [6.07, 6.45) is 0. The third-order valence-electron chi connectivity index (χ3n) is 3.37. The van der Waals surface area contributed by atoms with E-state index in [-0.39, 0.29) is 11.9 Å². The molecule has 23 heavy (non-hydrogen) atoms. The second-order valence-corrected chi connectivity index (χ2v) is 5.35.